The normalized spacial score (nSPS) is 13.3. The molecule has 19 heavy (non-hydrogen) atoms. The number of nitrogens with zero attached hydrogens (tertiary/aromatic N) is 1. The fourth-order valence-corrected chi connectivity index (χ4v) is 3.75. The third-order valence-electron chi connectivity index (χ3n) is 2.65. The number of rotatable bonds is 5. The molecule has 102 valence electrons. The van der Waals surface area contributed by atoms with E-state index in [4.69, 9.17) is 5.73 Å². The van der Waals surface area contributed by atoms with Crippen LogP contribution in [0.25, 0.3) is 0 Å². The third kappa shape index (κ3) is 3.31. The lowest BCUT2D eigenvalue weighted by molar-refractivity contribution is 0.549. The Labute approximate surface area is 116 Å². The minimum absolute atomic E-state index is 0.205. The summed E-state index contributed by atoms with van der Waals surface area (Å²) in [5, 5.41) is 2.59. The summed E-state index contributed by atoms with van der Waals surface area (Å²) in [5.41, 5.74) is 6.08. The molecule has 0 amide bonds. The Hall–Kier alpha value is -1.44. The Balaban J connectivity index is 2.23. The van der Waals surface area contributed by atoms with Crippen molar-refractivity contribution in [2.75, 3.05) is 5.73 Å². The molecule has 0 aliphatic rings. The first-order valence-electron chi connectivity index (χ1n) is 5.80. The summed E-state index contributed by atoms with van der Waals surface area (Å²) in [5.74, 6) is 0. The second-order valence-corrected chi connectivity index (χ2v) is 6.66. The standard InChI is InChI=1S/C12H15N3O2S2/c1-2-11(12-14-7-8-18-12)15-19(16,17)10-5-3-9(13)4-6-10/h3-8,11,15H,2,13H2,1H3. The van der Waals surface area contributed by atoms with E-state index < -0.39 is 10.0 Å². The minimum atomic E-state index is -3.55. The largest absolute Gasteiger partial charge is 0.399 e. The Kier molecular flexibility index (Phi) is 4.18. The number of sulfonamides is 1. The van der Waals surface area contributed by atoms with Crippen LogP contribution in [0.15, 0.2) is 40.7 Å². The van der Waals surface area contributed by atoms with Gasteiger partial charge in [-0.25, -0.2) is 18.1 Å². The number of nitrogen functional groups attached to an aromatic ring is 1. The van der Waals surface area contributed by atoms with E-state index in [9.17, 15) is 8.42 Å². The van der Waals surface area contributed by atoms with Gasteiger partial charge in [-0.3, -0.25) is 0 Å². The number of aromatic nitrogens is 1. The number of hydrogen-bond acceptors (Lipinski definition) is 5. The van der Waals surface area contributed by atoms with Crippen molar-refractivity contribution in [1.29, 1.82) is 0 Å². The summed E-state index contributed by atoms with van der Waals surface area (Å²) in [6, 6.07) is 5.82. The zero-order valence-corrected chi connectivity index (χ0v) is 12.0. The lowest BCUT2D eigenvalue weighted by atomic mass is 10.3. The highest BCUT2D eigenvalue weighted by atomic mass is 32.2. The summed E-state index contributed by atoms with van der Waals surface area (Å²) in [7, 11) is -3.55. The number of anilines is 1. The molecule has 3 N–H and O–H groups in total. The maximum absolute atomic E-state index is 12.2. The molecular weight excluding hydrogens is 282 g/mol. The van der Waals surface area contributed by atoms with E-state index >= 15 is 0 Å². The molecule has 2 aromatic rings. The minimum Gasteiger partial charge on any atom is -0.399 e. The second kappa shape index (κ2) is 5.68. The van der Waals surface area contributed by atoms with E-state index in [0.717, 1.165) is 5.01 Å². The monoisotopic (exact) mass is 297 g/mol. The van der Waals surface area contributed by atoms with E-state index in [1.165, 1.54) is 23.5 Å². The molecule has 0 spiro atoms. The highest BCUT2D eigenvalue weighted by molar-refractivity contribution is 7.89. The summed E-state index contributed by atoms with van der Waals surface area (Å²) < 4.78 is 27.1. The van der Waals surface area contributed by atoms with Crippen LogP contribution in [0.5, 0.6) is 0 Å². The van der Waals surface area contributed by atoms with Gasteiger partial charge in [0.25, 0.3) is 0 Å². The molecule has 7 heteroatoms. The van der Waals surface area contributed by atoms with Gasteiger partial charge in [-0.2, -0.15) is 0 Å². The van der Waals surface area contributed by atoms with Gasteiger partial charge in [0.15, 0.2) is 0 Å². The van der Waals surface area contributed by atoms with Crippen LogP contribution < -0.4 is 10.5 Å². The SMILES string of the molecule is CCC(NS(=O)(=O)c1ccc(N)cc1)c1nccs1. The molecule has 5 nitrogen and oxygen atoms in total. The van der Waals surface area contributed by atoms with Gasteiger partial charge in [-0.15, -0.1) is 11.3 Å². The van der Waals surface area contributed by atoms with Crippen LogP contribution in [-0.2, 0) is 10.0 Å². The molecular formula is C12H15N3O2S2. The Bertz CT molecular complexity index is 622. The number of nitrogens with two attached hydrogens (primary N) is 1. The van der Waals surface area contributed by atoms with Crippen molar-refractivity contribution in [3.63, 3.8) is 0 Å². The summed E-state index contributed by atoms with van der Waals surface area (Å²) in [6.07, 6.45) is 2.31. The third-order valence-corrected chi connectivity index (χ3v) is 5.02. The number of nitrogens with one attached hydrogen (secondary N) is 1. The van der Waals surface area contributed by atoms with E-state index in [1.54, 1.807) is 18.3 Å². The van der Waals surface area contributed by atoms with Crippen LogP contribution in [0.1, 0.15) is 24.4 Å². The molecule has 2 rings (SSSR count). The molecule has 0 radical (unpaired) electrons. The van der Waals surface area contributed by atoms with Gasteiger partial charge in [-0.05, 0) is 30.7 Å². The molecule has 1 atom stereocenters. The van der Waals surface area contributed by atoms with E-state index in [1.807, 2.05) is 12.3 Å². The fourth-order valence-electron chi connectivity index (χ4n) is 1.62. The van der Waals surface area contributed by atoms with Crippen molar-refractivity contribution in [3.8, 4) is 0 Å². The quantitative estimate of drug-likeness (QED) is 0.828. The number of thiazole rings is 1. The van der Waals surface area contributed by atoms with Crippen LogP contribution in [0.4, 0.5) is 5.69 Å². The molecule has 0 bridgehead atoms. The van der Waals surface area contributed by atoms with Gasteiger partial charge >= 0.3 is 0 Å². The van der Waals surface area contributed by atoms with Crippen molar-refractivity contribution < 1.29 is 8.42 Å². The van der Waals surface area contributed by atoms with Gasteiger partial charge in [0.2, 0.25) is 10.0 Å². The maximum atomic E-state index is 12.2. The summed E-state index contributed by atoms with van der Waals surface area (Å²) in [4.78, 5) is 4.36. The van der Waals surface area contributed by atoms with Crippen molar-refractivity contribution in [2.45, 2.75) is 24.3 Å². The molecule has 0 aliphatic heterocycles. The molecule has 1 unspecified atom stereocenters. The average molecular weight is 297 g/mol. The van der Waals surface area contributed by atoms with Crippen LogP contribution in [-0.4, -0.2) is 13.4 Å². The van der Waals surface area contributed by atoms with Gasteiger partial charge in [0, 0.05) is 17.3 Å². The Morgan fingerprint density at radius 2 is 2.05 bits per heavy atom. The number of benzene rings is 1. The first kappa shape index (κ1) is 14.0. The predicted octanol–water partition coefficient (Wildman–Crippen LogP) is 2.15. The molecule has 0 saturated heterocycles. The molecule has 1 aromatic heterocycles. The molecule has 1 heterocycles. The van der Waals surface area contributed by atoms with Gasteiger partial charge < -0.3 is 5.73 Å². The number of hydrogen-bond donors (Lipinski definition) is 2. The fraction of sp³-hybridized carbons (Fsp3) is 0.250. The highest BCUT2D eigenvalue weighted by Gasteiger charge is 2.21. The zero-order chi connectivity index (χ0) is 13.9. The lowest BCUT2D eigenvalue weighted by Gasteiger charge is -2.14. The second-order valence-electron chi connectivity index (χ2n) is 4.02. The first-order chi connectivity index (χ1) is 9.03. The predicted molar refractivity (Wildman–Crippen MR) is 76.3 cm³/mol. The average Bonchev–Trinajstić information content (AvgIpc) is 2.90. The van der Waals surface area contributed by atoms with Crippen LogP contribution in [0, 0.1) is 0 Å². The smallest absolute Gasteiger partial charge is 0.241 e. The molecule has 1 aromatic carbocycles. The van der Waals surface area contributed by atoms with Crippen molar-refractivity contribution in [1.82, 2.24) is 9.71 Å². The van der Waals surface area contributed by atoms with Crippen LogP contribution in [0.3, 0.4) is 0 Å². The van der Waals surface area contributed by atoms with E-state index in [-0.39, 0.29) is 10.9 Å². The van der Waals surface area contributed by atoms with E-state index in [0.29, 0.717) is 12.1 Å². The maximum Gasteiger partial charge on any atom is 0.241 e. The van der Waals surface area contributed by atoms with Gasteiger partial charge in [0.1, 0.15) is 5.01 Å². The van der Waals surface area contributed by atoms with Crippen LogP contribution in [0.2, 0.25) is 0 Å². The van der Waals surface area contributed by atoms with Gasteiger partial charge in [0.05, 0.1) is 10.9 Å². The van der Waals surface area contributed by atoms with Crippen molar-refractivity contribution in [2.24, 2.45) is 0 Å². The van der Waals surface area contributed by atoms with Crippen molar-refractivity contribution in [3.05, 3.63) is 40.8 Å². The molecule has 0 fully saturated rings. The highest BCUT2D eigenvalue weighted by Crippen LogP contribution is 2.22. The summed E-state index contributed by atoms with van der Waals surface area (Å²) in [6.45, 7) is 1.91. The first-order valence-corrected chi connectivity index (χ1v) is 8.16. The van der Waals surface area contributed by atoms with Crippen LogP contribution >= 0.6 is 11.3 Å². The lowest BCUT2D eigenvalue weighted by Crippen LogP contribution is -2.28. The Morgan fingerprint density at radius 1 is 1.37 bits per heavy atom. The Morgan fingerprint density at radius 3 is 2.58 bits per heavy atom. The topological polar surface area (TPSA) is 85.1 Å². The summed E-state index contributed by atoms with van der Waals surface area (Å²) >= 11 is 1.44. The van der Waals surface area contributed by atoms with Crippen molar-refractivity contribution >= 4 is 27.0 Å². The molecule has 0 saturated carbocycles. The van der Waals surface area contributed by atoms with E-state index in [2.05, 4.69) is 9.71 Å². The zero-order valence-electron chi connectivity index (χ0n) is 10.4. The van der Waals surface area contributed by atoms with Gasteiger partial charge in [-0.1, -0.05) is 6.92 Å². The molecule has 0 aliphatic carbocycles.